The number of ether oxygens (including phenoxy) is 2. The molecule has 0 aromatic rings. The van der Waals surface area contributed by atoms with Crippen molar-refractivity contribution in [3.05, 3.63) is 6.42 Å². The molecular weight excluding hydrogens is 327 g/mol. The van der Waals surface area contributed by atoms with Crippen LogP contribution in [0.4, 0.5) is 0 Å². The first-order valence-corrected chi connectivity index (χ1v) is 5.85. The summed E-state index contributed by atoms with van der Waals surface area (Å²) in [7, 11) is 0. The summed E-state index contributed by atoms with van der Waals surface area (Å²) < 4.78 is 10.6. The Morgan fingerprint density at radius 3 is 2.12 bits per heavy atom. The van der Waals surface area contributed by atoms with Gasteiger partial charge in [-0.05, 0) is 6.42 Å². The Balaban J connectivity index is -0.000000845. The Kier molecular flexibility index (Phi) is 30.6. The SMILES string of the molecule is C[CH-]CCCOCOCCCCCC.[I-].[Mg+2]. The summed E-state index contributed by atoms with van der Waals surface area (Å²) in [4.78, 5) is 0. The van der Waals surface area contributed by atoms with Crippen LogP contribution in [0, 0.1) is 6.42 Å². The Hall–Kier alpha value is 1.42. The van der Waals surface area contributed by atoms with E-state index < -0.39 is 0 Å². The Bertz CT molecular complexity index is 93.0. The van der Waals surface area contributed by atoms with Crippen molar-refractivity contribution in [3.8, 4) is 0 Å². The van der Waals surface area contributed by atoms with E-state index in [1.54, 1.807) is 0 Å². The Labute approximate surface area is 134 Å². The normalized spacial score (nSPS) is 9.38. The first-order valence-electron chi connectivity index (χ1n) is 5.85. The zero-order valence-electron chi connectivity index (χ0n) is 10.8. The molecule has 4 heteroatoms. The zero-order valence-corrected chi connectivity index (χ0v) is 14.4. The molecule has 0 aliphatic carbocycles. The second-order valence-corrected chi connectivity index (χ2v) is 3.55. The molecule has 0 N–H and O–H groups in total. The fourth-order valence-electron chi connectivity index (χ4n) is 1.20. The van der Waals surface area contributed by atoms with Crippen molar-refractivity contribution in [2.24, 2.45) is 0 Å². The van der Waals surface area contributed by atoms with Crippen LogP contribution in [0.15, 0.2) is 0 Å². The van der Waals surface area contributed by atoms with Crippen LogP contribution in [0.25, 0.3) is 0 Å². The van der Waals surface area contributed by atoms with Crippen LogP contribution in [-0.4, -0.2) is 43.1 Å². The Morgan fingerprint density at radius 1 is 0.938 bits per heavy atom. The van der Waals surface area contributed by atoms with Crippen molar-refractivity contribution >= 4 is 23.1 Å². The molecule has 0 spiro atoms. The molecule has 0 bridgehead atoms. The smallest absolute Gasteiger partial charge is 1.00 e. The molecule has 0 radical (unpaired) electrons. The van der Waals surface area contributed by atoms with E-state index >= 15 is 0 Å². The minimum Gasteiger partial charge on any atom is -1.00 e. The van der Waals surface area contributed by atoms with Gasteiger partial charge >= 0.3 is 23.1 Å². The van der Waals surface area contributed by atoms with E-state index in [-0.39, 0.29) is 47.0 Å². The van der Waals surface area contributed by atoms with Crippen LogP contribution in [0.3, 0.4) is 0 Å². The molecule has 0 fully saturated rings. The van der Waals surface area contributed by atoms with Gasteiger partial charge in [0.1, 0.15) is 6.79 Å². The predicted molar refractivity (Wildman–Crippen MR) is 65.9 cm³/mol. The molecule has 0 amide bonds. The average molecular weight is 353 g/mol. The second-order valence-electron chi connectivity index (χ2n) is 3.55. The molecule has 0 aliphatic rings. The van der Waals surface area contributed by atoms with Gasteiger partial charge in [-0.3, -0.25) is 0 Å². The summed E-state index contributed by atoms with van der Waals surface area (Å²) in [6.07, 6.45) is 9.45. The van der Waals surface area contributed by atoms with Gasteiger partial charge in [-0.25, -0.2) is 0 Å². The summed E-state index contributed by atoms with van der Waals surface area (Å²) in [5.74, 6) is 0. The van der Waals surface area contributed by atoms with E-state index in [0.29, 0.717) is 6.79 Å². The van der Waals surface area contributed by atoms with Crippen molar-refractivity contribution in [3.63, 3.8) is 0 Å². The fourth-order valence-corrected chi connectivity index (χ4v) is 1.20. The Morgan fingerprint density at radius 2 is 1.56 bits per heavy atom. The van der Waals surface area contributed by atoms with E-state index in [9.17, 15) is 0 Å². The number of rotatable bonds is 11. The maximum atomic E-state index is 5.33. The summed E-state index contributed by atoms with van der Waals surface area (Å²) >= 11 is 0. The molecule has 0 aromatic heterocycles. The fraction of sp³-hybridized carbons (Fsp3) is 0.917. The van der Waals surface area contributed by atoms with E-state index in [1.807, 2.05) is 0 Å². The summed E-state index contributed by atoms with van der Waals surface area (Å²) in [6.45, 7) is 6.42. The number of halogens is 1. The van der Waals surface area contributed by atoms with Gasteiger partial charge in [-0.1, -0.05) is 32.6 Å². The second kappa shape index (κ2) is 21.7. The van der Waals surface area contributed by atoms with Gasteiger partial charge in [-0.15, -0.1) is 0 Å². The quantitative estimate of drug-likeness (QED) is 0.174. The van der Waals surface area contributed by atoms with Crippen LogP contribution >= 0.6 is 0 Å². The molecule has 0 aromatic carbocycles. The monoisotopic (exact) mass is 352 g/mol. The maximum Gasteiger partial charge on any atom is 2.00 e. The van der Waals surface area contributed by atoms with Crippen LogP contribution in [0.1, 0.15) is 52.4 Å². The van der Waals surface area contributed by atoms with Gasteiger partial charge in [0.25, 0.3) is 0 Å². The predicted octanol–water partition coefficient (Wildman–Crippen LogP) is 0.185. The zero-order chi connectivity index (χ0) is 10.5. The van der Waals surface area contributed by atoms with Gasteiger partial charge in [0.15, 0.2) is 0 Å². The van der Waals surface area contributed by atoms with Crippen molar-refractivity contribution in [1.29, 1.82) is 0 Å². The van der Waals surface area contributed by atoms with Crippen LogP contribution < -0.4 is 24.0 Å². The third-order valence-corrected chi connectivity index (χ3v) is 2.09. The van der Waals surface area contributed by atoms with Crippen molar-refractivity contribution in [2.45, 2.75) is 52.4 Å². The summed E-state index contributed by atoms with van der Waals surface area (Å²) in [6, 6.07) is 0. The number of hydrogen-bond acceptors (Lipinski definition) is 2. The van der Waals surface area contributed by atoms with Crippen LogP contribution in [0.5, 0.6) is 0 Å². The third-order valence-electron chi connectivity index (χ3n) is 2.09. The van der Waals surface area contributed by atoms with Crippen molar-refractivity contribution in [2.75, 3.05) is 20.0 Å². The standard InChI is InChI=1S/C12H25O2.HI.Mg/c1-3-5-7-9-11-14-12-13-10-8-6-4-2;;/h4H,3,5-12H2,1-2H3;1H;/q-1;;+2/p-1. The first kappa shape index (κ1) is 22.6. The molecule has 0 unspecified atom stereocenters. The molecular formula is C12H25IMgO2. The summed E-state index contributed by atoms with van der Waals surface area (Å²) in [5, 5.41) is 0. The van der Waals surface area contributed by atoms with Gasteiger partial charge in [0.05, 0.1) is 0 Å². The van der Waals surface area contributed by atoms with Gasteiger partial charge in [0, 0.05) is 13.2 Å². The van der Waals surface area contributed by atoms with Crippen molar-refractivity contribution < 1.29 is 33.5 Å². The van der Waals surface area contributed by atoms with E-state index in [4.69, 9.17) is 9.47 Å². The van der Waals surface area contributed by atoms with Gasteiger partial charge in [0.2, 0.25) is 0 Å². The van der Waals surface area contributed by atoms with E-state index in [2.05, 4.69) is 20.3 Å². The average Bonchev–Trinajstić information content (AvgIpc) is 2.21. The van der Waals surface area contributed by atoms with Gasteiger partial charge in [-0.2, -0.15) is 13.3 Å². The largest absolute Gasteiger partial charge is 2.00 e. The number of hydrogen-bond donors (Lipinski definition) is 0. The van der Waals surface area contributed by atoms with Crippen LogP contribution in [-0.2, 0) is 9.47 Å². The minimum atomic E-state index is 0. The van der Waals surface area contributed by atoms with Crippen LogP contribution in [0.2, 0.25) is 0 Å². The minimum absolute atomic E-state index is 0. The maximum absolute atomic E-state index is 5.33. The molecule has 0 atom stereocenters. The summed E-state index contributed by atoms with van der Waals surface area (Å²) in [5.41, 5.74) is 0. The molecule has 0 aliphatic heterocycles. The van der Waals surface area contributed by atoms with Gasteiger partial charge < -0.3 is 39.9 Å². The van der Waals surface area contributed by atoms with E-state index in [1.165, 1.54) is 25.7 Å². The molecule has 0 saturated heterocycles. The third kappa shape index (κ3) is 20.8. The topological polar surface area (TPSA) is 18.5 Å². The molecule has 0 heterocycles. The van der Waals surface area contributed by atoms with E-state index in [0.717, 1.165) is 26.1 Å². The molecule has 2 nitrogen and oxygen atoms in total. The first-order chi connectivity index (χ1) is 6.91. The van der Waals surface area contributed by atoms with Crippen molar-refractivity contribution in [1.82, 2.24) is 0 Å². The molecule has 16 heavy (non-hydrogen) atoms. The number of unbranched alkanes of at least 4 members (excludes halogenated alkanes) is 5. The molecule has 0 rings (SSSR count). The molecule has 0 saturated carbocycles. The molecule has 94 valence electrons.